The molecule has 0 saturated carbocycles. The van der Waals surface area contributed by atoms with Gasteiger partial charge in [-0.2, -0.15) is 11.8 Å². The highest BCUT2D eigenvalue weighted by Gasteiger charge is 2.36. The van der Waals surface area contributed by atoms with Gasteiger partial charge in [0.15, 0.2) is 5.76 Å². The van der Waals surface area contributed by atoms with Crippen LogP contribution in [0.4, 0.5) is 0 Å². The summed E-state index contributed by atoms with van der Waals surface area (Å²) in [5.74, 6) is 2.93. The van der Waals surface area contributed by atoms with Gasteiger partial charge in [-0.05, 0) is 12.1 Å². The van der Waals surface area contributed by atoms with Crippen LogP contribution in [0.5, 0.6) is 0 Å². The first-order valence-corrected chi connectivity index (χ1v) is 7.14. The maximum atomic E-state index is 11.9. The summed E-state index contributed by atoms with van der Waals surface area (Å²) in [4.78, 5) is 16.3. The van der Waals surface area contributed by atoms with E-state index in [-0.39, 0.29) is 5.91 Å². The Hall–Kier alpha value is -0.940. The normalized spacial score (nSPS) is 22.5. The minimum Gasteiger partial charge on any atom is -0.459 e. The average molecular weight is 252 g/mol. The standard InChI is InChI=1S/C12H16N2O2S/c15-12(11-2-1-5-16-11)14-8-10(9-14)13-3-6-17-7-4-13/h1-2,5,10H,3-4,6-9H2. The Morgan fingerprint density at radius 3 is 2.76 bits per heavy atom. The monoisotopic (exact) mass is 252 g/mol. The van der Waals surface area contributed by atoms with Crippen molar-refractivity contribution in [1.82, 2.24) is 9.80 Å². The Balaban J connectivity index is 1.52. The van der Waals surface area contributed by atoms with E-state index in [2.05, 4.69) is 4.90 Å². The van der Waals surface area contributed by atoms with Crippen LogP contribution < -0.4 is 0 Å². The van der Waals surface area contributed by atoms with Crippen LogP contribution in [0.25, 0.3) is 0 Å². The average Bonchev–Trinajstić information content (AvgIpc) is 2.81. The number of carbonyl (C=O) groups excluding carboxylic acids is 1. The summed E-state index contributed by atoms with van der Waals surface area (Å²) in [6, 6.07) is 4.05. The Kier molecular flexibility index (Phi) is 3.11. The minimum atomic E-state index is 0.0256. The second-order valence-electron chi connectivity index (χ2n) is 4.49. The van der Waals surface area contributed by atoms with Crippen molar-refractivity contribution in [1.29, 1.82) is 0 Å². The highest BCUT2D eigenvalue weighted by atomic mass is 32.2. The molecule has 92 valence electrons. The smallest absolute Gasteiger partial charge is 0.289 e. The zero-order valence-electron chi connectivity index (χ0n) is 9.67. The number of nitrogens with zero attached hydrogens (tertiary/aromatic N) is 2. The van der Waals surface area contributed by atoms with Crippen LogP contribution >= 0.6 is 11.8 Å². The van der Waals surface area contributed by atoms with Crippen molar-refractivity contribution in [3.63, 3.8) is 0 Å². The third kappa shape index (κ3) is 2.21. The first kappa shape index (κ1) is 11.2. The van der Waals surface area contributed by atoms with Gasteiger partial charge in [-0.15, -0.1) is 0 Å². The van der Waals surface area contributed by atoms with Gasteiger partial charge in [-0.25, -0.2) is 0 Å². The zero-order chi connectivity index (χ0) is 11.7. The number of amides is 1. The third-order valence-corrected chi connectivity index (χ3v) is 4.39. The van der Waals surface area contributed by atoms with E-state index >= 15 is 0 Å². The number of thioether (sulfide) groups is 1. The van der Waals surface area contributed by atoms with E-state index in [1.54, 1.807) is 18.4 Å². The van der Waals surface area contributed by atoms with Crippen molar-refractivity contribution >= 4 is 17.7 Å². The fourth-order valence-corrected chi connectivity index (χ4v) is 3.28. The van der Waals surface area contributed by atoms with Crippen LogP contribution in [-0.4, -0.2) is 59.4 Å². The van der Waals surface area contributed by atoms with E-state index in [0.717, 1.165) is 26.2 Å². The molecule has 0 N–H and O–H groups in total. The van der Waals surface area contributed by atoms with Gasteiger partial charge in [-0.1, -0.05) is 0 Å². The zero-order valence-corrected chi connectivity index (χ0v) is 10.5. The number of furan rings is 1. The van der Waals surface area contributed by atoms with E-state index in [0.29, 0.717) is 11.8 Å². The van der Waals surface area contributed by atoms with Crippen LogP contribution in [0.15, 0.2) is 22.8 Å². The van der Waals surface area contributed by atoms with Gasteiger partial charge in [0.2, 0.25) is 0 Å². The van der Waals surface area contributed by atoms with Crippen molar-refractivity contribution in [2.45, 2.75) is 6.04 Å². The summed E-state index contributed by atoms with van der Waals surface area (Å²) in [7, 11) is 0. The molecule has 3 rings (SSSR count). The van der Waals surface area contributed by atoms with E-state index in [1.165, 1.54) is 11.5 Å². The minimum absolute atomic E-state index is 0.0256. The Morgan fingerprint density at radius 1 is 1.35 bits per heavy atom. The van der Waals surface area contributed by atoms with Crippen LogP contribution in [0, 0.1) is 0 Å². The highest BCUT2D eigenvalue weighted by molar-refractivity contribution is 7.99. The SMILES string of the molecule is O=C(c1ccco1)N1CC(N2CCSCC2)C1. The van der Waals surface area contributed by atoms with E-state index in [1.807, 2.05) is 16.7 Å². The molecule has 2 saturated heterocycles. The molecular weight excluding hydrogens is 236 g/mol. The molecule has 2 aliphatic heterocycles. The number of hydrogen-bond acceptors (Lipinski definition) is 4. The fraction of sp³-hybridized carbons (Fsp3) is 0.583. The summed E-state index contributed by atoms with van der Waals surface area (Å²) in [5, 5.41) is 0. The summed E-state index contributed by atoms with van der Waals surface area (Å²) in [5.41, 5.74) is 0. The maximum absolute atomic E-state index is 11.9. The van der Waals surface area contributed by atoms with Gasteiger partial charge in [0.25, 0.3) is 5.91 Å². The van der Waals surface area contributed by atoms with Crippen molar-refractivity contribution in [2.75, 3.05) is 37.7 Å². The Bertz CT molecular complexity index is 381. The molecule has 1 aromatic heterocycles. The topological polar surface area (TPSA) is 36.7 Å². The second kappa shape index (κ2) is 4.74. The summed E-state index contributed by atoms with van der Waals surface area (Å²) in [6.45, 7) is 4.03. The fourth-order valence-electron chi connectivity index (χ4n) is 2.35. The molecule has 3 heterocycles. The molecule has 0 unspecified atom stereocenters. The second-order valence-corrected chi connectivity index (χ2v) is 5.71. The summed E-state index contributed by atoms with van der Waals surface area (Å²) in [6.07, 6.45) is 1.55. The first-order chi connectivity index (χ1) is 8.34. The predicted molar refractivity (Wildman–Crippen MR) is 67.3 cm³/mol. The molecule has 0 aliphatic carbocycles. The molecule has 0 aromatic carbocycles. The van der Waals surface area contributed by atoms with Gasteiger partial charge in [0.05, 0.1) is 6.26 Å². The number of rotatable bonds is 2. The quantitative estimate of drug-likeness (QED) is 0.791. The summed E-state index contributed by atoms with van der Waals surface area (Å²) >= 11 is 2.02. The van der Waals surface area contributed by atoms with Crippen molar-refractivity contribution in [3.8, 4) is 0 Å². The molecule has 17 heavy (non-hydrogen) atoms. The Labute approximate surface area is 105 Å². The predicted octanol–water partition coefficient (Wildman–Crippen LogP) is 1.15. The van der Waals surface area contributed by atoms with Gasteiger partial charge in [-0.3, -0.25) is 9.69 Å². The van der Waals surface area contributed by atoms with Crippen molar-refractivity contribution < 1.29 is 9.21 Å². The molecule has 1 amide bonds. The van der Waals surface area contributed by atoms with Gasteiger partial charge < -0.3 is 9.32 Å². The number of likely N-dealkylation sites (tertiary alicyclic amines) is 1. The molecule has 2 fully saturated rings. The van der Waals surface area contributed by atoms with E-state index in [4.69, 9.17) is 4.42 Å². The molecule has 0 bridgehead atoms. The molecule has 2 aliphatic rings. The lowest BCUT2D eigenvalue weighted by Gasteiger charge is -2.46. The molecular formula is C12H16N2O2S. The van der Waals surface area contributed by atoms with Crippen LogP contribution in [0.3, 0.4) is 0 Å². The molecule has 0 radical (unpaired) electrons. The largest absolute Gasteiger partial charge is 0.459 e. The molecule has 4 nitrogen and oxygen atoms in total. The van der Waals surface area contributed by atoms with Crippen molar-refractivity contribution in [3.05, 3.63) is 24.2 Å². The lowest BCUT2D eigenvalue weighted by molar-refractivity contribution is 0.0269. The van der Waals surface area contributed by atoms with Crippen LogP contribution in [0.2, 0.25) is 0 Å². The number of hydrogen-bond donors (Lipinski definition) is 0. The Morgan fingerprint density at radius 2 is 2.12 bits per heavy atom. The highest BCUT2D eigenvalue weighted by Crippen LogP contribution is 2.21. The van der Waals surface area contributed by atoms with Gasteiger partial charge >= 0.3 is 0 Å². The molecule has 1 aromatic rings. The van der Waals surface area contributed by atoms with Gasteiger partial charge in [0.1, 0.15) is 0 Å². The van der Waals surface area contributed by atoms with E-state index < -0.39 is 0 Å². The molecule has 0 atom stereocenters. The van der Waals surface area contributed by atoms with E-state index in [9.17, 15) is 4.79 Å². The number of carbonyl (C=O) groups is 1. The first-order valence-electron chi connectivity index (χ1n) is 5.99. The third-order valence-electron chi connectivity index (χ3n) is 3.44. The lowest BCUT2D eigenvalue weighted by Crippen LogP contribution is -2.62. The molecule has 0 spiro atoms. The van der Waals surface area contributed by atoms with Crippen molar-refractivity contribution in [2.24, 2.45) is 0 Å². The van der Waals surface area contributed by atoms with Crippen LogP contribution in [0.1, 0.15) is 10.6 Å². The summed E-state index contributed by atoms with van der Waals surface area (Å²) < 4.78 is 5.12. The molecule has 5 heteroatoms. The lowest BCUT2D eigenvalue weighted by atomic mass is 10.1. The van der Waals surface area contributed by atoms with Gasteiger partial charge in [0, 0.05) is 43.7 Å². The maximum Gasteiger partial charge on any atom is 0.289 e. The van der Waals surface area contributed by atoms with Crippen LogP contribution in [-0.2, 0) is 0 Å².